The van der Waals surface area contributed by atoms with E-state index in [2.05, 4.69) is 5.32 Å². The van der Waals surface area contributed by atoms with Gasteiger partial charge in [0.15, 0.2) is 16.9 Å². The summed E-state index contributed by atoms with van der Waals surface area (Å²) < 4.78 is 22.5. The van der Waals surface area contributed by atoms with E-state index < -0.39 is 12.1 Å². The van der Waals surface area contributed by atoms with Crippen molar-refractivity contribution >= 4 is 17.9 Å². The number of carbonyl (C=O) groups is 1. The van der Waals surface area contributed by atoms with Gasteiger partial charge in [0.25, 0.3) is 0 Å². The van der Waals surface area contributed by atoms with Gasteiger partial charge in [0.1, 0.15) is 5.75 Å². The zero-order chi connectivity index (χ0) is 24.9. The Hall–Kier alpha value is -3.65. The fourth-order valence-electron chi connectivity index (χ4n) is 4.38. The number of para-hydroxylation sites is 1. The summed E-state index contributed by atoms with van der Waals surface area (Å²) in [5.74, 6) is 1.97. The van der Waals surface area contributed by atoms with Crippen molar-refractivity contribution < 1.29 is 23.7 Å². The van der Waals surface area contributed by atoms with Crippen LogP contribution in [0.4, 0.5) is 4.79 Å². The fourth-order valence-corrected chi connectivity index (χ4v) is 4.85. The number of methoxy groups -OCH3 is 3. The van der Waals surface area contributed by atoms with Gasteiger partial charge in [0.05, 0.1) is 32.3 Å². The van der Waals surface area contributed by atoms with Crippen LogP contribution in [-0.2, 0) is 6.42 Å². The summed E-state index contributed by atoms with van der Waals surface area (Å²) in [6.07, 6.45) is 2.41. The van der Waals surface area contributed by atoms with E-state index in [0.29, 0.717) is 46.3 Å². The zero-order valence-corrected chi connectivity index (χ0v) is 20.9. The molecule has 0 saturated heterocycles. The number of nitrogens with one attached hydrogen (secondary N) is 1. The van der Waals surface area contributed by atoms with Crippen LogP contribution in [0.3, 0.4) is 0 Å². The van der Waals surface area contributed by atoms with Crippen LogP contribution in [0.5, 0.6) is 23.0 Å². The number of thioether (sulfide) groups is 1. The molecule has 0 fully saturated rings. The van der Waals surface area contributed by atoms with Crippen LogP contribution in [0.2, 0.25) is 0 Å². The molecular formula is C27H27NO6S. The van der Waals surface area contributed by atoms with Crippen molar-refractivity contribution in [3.63, 3.8) is 0 Å². The summed E-state index contributed by atoms with van der Waals surface area (Å²) >= 11 is 1.37. The average molecular weight is 494 g/mol. The number of amides is 1. The summed E-state index contributed by atoms with van der Waals surface area (Å²) in [4.78, 5) is 26.4. The largest absolute Gasteiger partial charge is 0.493 e. The van der Waals surface area contributed by atoms with Gasteiger partial charge in [-0.05, 0) is 66.1 Å². The summed E-state index contributed by atoms with van der Waals surface area (Å²) in [6, 6.07) is 15.6. The maximum absolute atomic E-state index is 13.0. The summed E-state index contributed by atoms with van der Waals surface area (Å²) in [6.45, 7) is 0. The van der Waals surface area contributed by atoms with Crippen LogP contribution in [0.25, 0.3) is 11.1 Å². The van der Waals surface area contributed by atoms with Crippen molar-refractivity contribution in [2.24, 2.45) is 0 Å². The maximum atomic E-state index is 13.0. The van der Waals surface area contributed by atoms with Gasteiger partial charge in [-0.2, -0.15) is 0 Å². The summed E-state index contributed by atoms with van der Waals surface area (Å²) in [7, 11) is 4.71. The van der Waals surface area contributed by atoms with E-state index in [-0.39, 0.29) is 5.43 Å². The predicted octanol–water partition coefficient (Wildman–Crippen LogP) is 5.24. The van der Waals surface area contributed by atoms with Gasteiger partial charge in [-0.25, -0.2) is 4.79 Å². The molecule has 3 aromatic rings. The van der Waals surface area contributed by atoms with Crippen LogP contribution in [0.15, 0.2) is 64.3 Å². The molecule has 35 heavy (non-hydrogen) atoms. The molecular weight excluding hydrogens is 466 g/mol. The first kappa shape index (κ1) is 24.5. The highest BCUT2D eigenvalue weighted by atomic mass is 32.2. The minimum Gasteiger partial charge on any atom is -0.493 e. The van der Waals surface area contributed by atoms with E-state index in [9.17, 15) is 9.59 Å². The van der Waals surface area contributed by atoms with Crippen molar-refractivity contribution in [3.05, 3.63) is 75.9 Å². The second-order valence-corrected chi connectivity index (χ2v) is 8.75. The molecule has 8 heteroatoms. The van der Waals surface area contributed by atoms with E-state index in [1.807, 2.05) is 24.5 Å². The van der Waals surface area contributed by atoms with E-state index in [4.69, 9.17) is 18.9 Å². The monoisotopic (exact) mass is 493 g/mol. The minimum absolute atomic E-state index is 0.120. The standard InChI is InChI=1S/C27H27NO6S/c1-31-22-14-16-10-12-20(28-27(30)34-17-8-6-5-7-9-17)19-15-21(29)23(35-4)13-11-18(19)24(16)26(33-3)25(22)32-2/h5-9,11,13-15,20H,10,12H2,1-4H3,(H,28,30)/t20-/m0/s1. The van der Waals surface area contributed by atoms with Crippen LogP contribution in [-0.4, -0.2) is 33.7 Å². The lowest BCUT2D eigenvalue weighted by atomic mass is 9.95. The lowest BCUT2D eigenvalue weighted by molar-refractivity contribution is 0.195. The van der Waals surface area contributed by atoms with Gasteiger partial charge >= 0.3 is 6.09 Å². The topological polar surface area (TPSA) is 83.1 Å². The third kappa shape index (κ3) is 4.93. The van der Waals surface area contributed by atoms with Gasteiger partial charge in [0.2, 0.25) is 5.75 Å². The molecule has 1 N–H and O–H groups in total. The van der Waals surface area contributed by atoms with Gasteiger partial charge in [-0.3, -0.25) is 4.79 Å². The molecule has 7 nitrogen and oxygen atoms in total. The first-order valence-corrected chi connectivity index (χ1v) is 12.3. The average Bonchev–Trinajstić information content (AvgIpc) is 3.11. The molecule has 0 aromatic heterocycles. The van der Waals surface area contributed by atoms with Gasteiger partial charge in [-0.15, -0.1) is 11.8 Å². The Balaban J connectivity index is 1.87. The normalized spacial score (nSPS) is 14.1. The van der Waals surface area contributed by atoms with E-state index in [0.717, 1.165) is 16.7 Å². The Kier molecular flexibility index (Phi) is 7.51. The molecule has 1 aliphatic rings. The zero-order valence-electron chi connectivity index (χ0n) is 20.0. The number of benzene rings is 2. The summed E-state index contributed by atoms with van der Waals surface area (Å²) in [5, 5.41) is 2.96. The highest BCUT2D eigenvalue weighted by Gasteiger charge is 2.30. The number of aryl methyl sites for hydroxylation is 1. The smallest absolute Gasteiger partial charge is 0.413 e. The number of fused-ring (bicyclic) bond motifs is 3. The summed E-state index contributed by atoms with van der Waals surface area (Å²) in [5.41, 5.74) is 3.11. The molecule has 1 atom stereocenters. The molecule has 1 aliphatic carbocycles. The van der Waals surface area contributed by atoms with Crippen molar-refractivity contribution in [2.45, 2.75) is 23.8 Å². The Labute approximate surface area is 208 Å². The number of hydrogen-bond acceptors (Lipinski definition) is 7. The number of hydrogen-bond donors (Lipinski definition) is 1. The van der Waals surface area contributed by atoms with Crippen LogP contribution < -0.4 is 29.7 Å². The van der Waals surface area contributed by atoms with Crippen LogP contribution in [0, 0.1) is 0 Å². The Morgan fingerprint density at radius 2 is 1.71 bits per heavy atom. The van der Waals surface area contributed by atoms with Gasteiger partial charge in [-0.1, -0.05) is 24.3 Å². The SMILES string of the molecule is COc1cc2c(c(OC)c1OC)-c1ccc(SC)c(=O)cc1[C@@H](NC(=O)Oc1ccccc1)CC2. The van der Waals surface area contributed by atoms with Crippen LogP contribution in [0.1, 0.15) is 23.6 Å². The molecule has 0 aliphatic heterocycles. The van der Waals surface area contributed by atoms with Crippen LogP contribution >= 0.6 is 11.8 Å². The molecule has 0 unspecified atom stereocenters. The molecule has 3 aromatic carbocycles. The maximum Gasteiger partial charge on any atom is 0.413 e. The number of rotatable bonds is 6. The van der Waals surface area contributed by atoms with Crippen molar-refractivity contribution in [2.75, 3.05) is 27.6 Å². The second-order valence-electron chi connectivity index (χ2n) is 7.90. The molecule has 0 spiro atoms. The molecule has 182 valence electrons. The van der Waals surface area contributed by atoms with E-state index in [1.165, 1.54) is 11.8 Å². The lowest BCUT2D eigenvalue weighted by Gasteiger charge is -2.20. The molecule has 0 heterocycles. The highest BCUT2D eigenvalue weighted by Crippen LogP contribution is 2.50. The fraction of sp³-hybridized carbons (Fsp3) is 0.259. The molecule has 0 bridgehead atoms. The predicted molar refractivity (Wildman–Crippen MR) is 136 cm³/mol. The van der Waals surface area contributed by atoms with Crippen molar-refractivity contribution in [1.29, 1.82) is 0 Å². The molecule has 4 rings (SSSR count). The van der Waals surface area contributed by atoms with Gasteiger partial charge < -0.3 is 24.3 Å². The highest BCUT2D eigenvalue weighted by molar-refractivity contribution is 7.98. The number of ether oxygens (including phenoxy) is 4. The van der Waals surface area contributed by atoms with Crippen molar-refractivity contribution in [3.8, 4) is 34.1 Å². The van der Waals surface area contributed by atoms with Gasteiger partial charge in [0, 0.05) is 5.56 Å². The minimum atomic E-state index is -0.593. The first-order chi connectivity index (χ1) is 17.0. The first-order valence-electron chi connectivity index (χ1n) is 11.1. The van der Waals surface area contributed by atoms with E-state index >= 15 is 0 Å². The number of carbonyl (C=O) groups excluding carboxylic acids is 1. The Morgan fingerprint density at radius 3 is 2.37 bits per heavy atom. The molecule has 1 amide bonds. The third-order valence-corrected chi connectivity index (χ3v) is 6.74. The lowest BCUT2D eigenvalue weighted by Crippen LogP contribution is -2.31. The Morgan fingerprint density at radius 1 is 0.971 bits per heavy atom. The van der Waals surface area contributed by atoms with Crippen molar-refractivity contribution in [1.82, 2.24) is 5.32 Å². The molecule has 0 radical (unpaired) electrons. The quantitative estimate of drug-likeness (QED) is 0.470. The second kappa shape index (κ2) is 10.7. The third-order valence-electron chi connectivity index (χ3n) is 5.97. The molecule has 0 saturated carbocycles. The Bertz CT molecular complexity index is 1300. The van der Waals surface area contributed by atoms with E-state index in [1.54, 1.807) is 57.7 Å².